The van der Waals surface area contributed by atoms with Crippen LogP contribution in [0.2, 0.25) is 0 Å². The second kappa shape index (κ2) is 5.38. The lowest BCUT2D eigenvalue weighted by atomic mass is 10.0. The Morgan fingerprint density at radius 3 is 2.55 bits per heavy atom. The highest BCUT2D eigenvalue weighted by Gasteiger charge is 2.19. The molecule has 0 spiro atoms. The zero-order valence-corrected chi connectivity index (χ0v) is 12.7. The van der Waals surface area contributed by atoms with Crippen LogP contribution in [-0.4, -0.2) is 9.97 Å². The predicted octanol–water partition coefficient (Wildman–Crippen LogP) is 4.61. The van der Waals surface area contributed by atoms with Crippen molar-refractivity contribution in [3.8, 4) is 22.6 Å². The summed E-state index contributed by atoms with van der Waals surface area (Å²) in [6.45, 7) is 2.11. The first kappa shape index (κ1) is 13.2. The van der Waals surface area contributed by atoms with Crippen LogP contribution in [0.4, 0.5) is 0 Å². The molecule has 0 N–H and O–H groups in total. The summed E-state index contributed by atoms with van der Waals surface area (Å²) >= 11 is 0. The second-order valence-corrected chi connectivity index (χ2v) is 5.93. The highest BCUT2D eigenvalue weighted by atomic mass is 14.8. The van der Waals surface area contributed by atoms with Crippen molar-refractivity contribution in [1.29, 1.82) is 0 Å². The number of rotatable bonds is 2. The van der Waals surface area contributed by atoms with Gasteiger partial charge in [-0.1, -0.05) is 35.9 Å². The van der Waals surface area contributed by atoms with E-state index in [0.29, 0.717) is 0 Å². The monoisotopic (exact) mass is 286 g/mol. The van der Waals surface area contributed by atoms with Gasteiger partial charge in [0.15, 0.2) is 0 Å². The van der Waals surface area contributed by atoms with Gasteiger partial charge in [0.1, 0.15) is 0 Å². The van der Waals surface area contributed by atoms with Gasteiger partial charge in [-0.05, 0) is 55.5 Å². The Morgan fingerprint density at radius 1 is 0.909 bits per heavy atom. The number of aryl methyl sites for hydroxylation is 2. The van der Waals surface area contributed by atoms with Gasteiger partial charge >= 0.3 is 0 Å². The van der Waals surface area contributed by atoms with Gasteiger partial charge in [0.2, 0.25) is 0 Å². The summed E-state index contributed by atoms with van der Waals surface area (Å²) in [5.74, 6) is 0. The third-order valence-electron chi connectivity index (χ3n) is 4.34. The fraction of sp³-hybridized carbons (Fsp3) is 0.200. The quantitative estimate of drug-likeness (QED) is 0.687. The molecule has 2 heterocycles. The number of pyridine rings is 2. The molecule has 2 aromatic heterocycles. The second-order valence-electron chi connectivity index (χ2n) is 5.93. The normalized spacial score (nSPS) is 13.1. The van der Waals surface area contributed by atoms with E-state index in [-0.39, 0.29) is 0 Å². The fourth-order valence-corrected chi connectivity index (χ4v) is 3.17. The maximum absolute atomic E-state index is 4.95. The van der Waals surface area contributed by atoms with E-state index in [2.05, 4.69) is 48.3 Å². The number of fused-ring (bicyclic) bond motifs is 1. The molecule has 0 saturated carbocycles. The van der Waals surface area contributed by atoms with Crippen LogP contribution in [-0.2, 0) is 12.8 Å². The SMILES string of the molecule is Cc1ccc(-c2cc3c(c(-c4ccccn4)n2)CCC3)cc1. The van der Waals surface area contributed by atoms with Gasteiger partial charge in [-0.25, -0.2) is 4.98 Å². The summed E-state index contributed by atoms with van der Waals surface area (Å²) in [6.07, 6.45) is 5.32. The topological polar surface area (TPSA) is 25.8 Å². The van der Waals surface area contributed by atoms with Crippen LogP contribution >= 0.6 is 0 Å². The molecule has 0 unspecified atom stereocenters. The molecule has 0 amide bonds. The zero-order chi connectivity index (χ0) is 14.9. The molecule has 0 saturated heterocycles. The highest BCUT2D eigenvalue weighted by molar-refractivity contribution is 5.69. The molecule has 2 nitrogen and oxygen atoms in total. The molecule has 0 atom stereocenters. The number of nitrogens with zero attached hydrogens (tertiary/aromatic N) is 2. The Hall–Kier alpha value is -2.48. The first-order chi connectivity index (χ1) is 10.8. The lowest BCUT2D eigenvalue weighted by Crippen LogP contribution is -1.97. The van der Waals surface area contributed by atoms with Crippen LogP contribution in [0.5, 0.6) is 0 Å². The third-order valence-corrected chi connectivity index (χ3v) is 4.34. The molecule has 1 aliphatic carbocycles. The van der Waals surface area contributed by atoms with Crippen LogP contribution in [0.1, 0.15) is 23.1 Å². The molecule has 0 bridgehead atoms. The Balaban J connectivity index is 1.90. The van der Waals surface area contributed by atoms with E-state index in [1.165, 1.54) is 28.7 Å². The Bertz CT molecular complexity index is 805. The minimum atomic E-state index is 0.981. The van der Waals surface area contributed by atoms with E-state index < -0.39 is 0 Å². The Morgan fingerprint density at radius 2 is 1.77 bits per heavy atom. The number of hydrogen-bond acceptors (Lipinski definition) is 2. The molecule has 1 aromatic carbocycles. The van der Waals surface area contributed by atoms with Crippen LogP contribution in [0.25, 0.3) is 22.6 Å². The van der Waals surface area contributed by atoms with E-state index >= 15 is 0 Å². The summed E-state index contributed by atoms with van der Waals surface area (Å²) in [4.78, 5) is 9.46. The first-order valence-corrected chi connectivity index (χ1v) is 7.82. The van der Waals surface area contributed by atoms with Crippen molar-refractivity contribution < 1.29 is 0 Å². The summed E-state index contributed by atoms with van der Waals surface area (Å²) in [5, 5.41) is 0. The molecule has 4 rings (SSSR count). The zero-order valence-electron chi connectivity index (χ0n) is 12.7. The van der Waals surface area contributed by atoms with Gasteiger partial charge in [0.25, 0.3) is 0 Å². The van der Waals surface area contributed by atoms with Crippen LogP contribution in [0, 0.1) is 6.92 Å². The van der Waals surface area contributed by atoms with Crippen LogP contribution in [0.15, 0.2) is 54.7 Å². The number of benzene rings is 1. The van der Waals surface area contributed by atoms with Gasteiger partial charge in [-0.15, -0.1) is 0 Å². The van der Waals surface area contributed by atoms with Crippen molar-refractivity contribution in [1.82, 2.24) is 9.97 Å². The van der Waals surface area contributed by atoms with Crippen molar-refractivity contribution in [3.63, 3.8) is 0 Å². The summed E-state index contributed by atoms with van der Waals surface area (Å²) in [5.41, 5.74) is 8.37. The standard InChI is InChI=1S/C20H18N2/c1-14-8-10-15(11-9-14)19-13-16-5-4-6-17(16)20(22-19)18-7-2-3-12-21-18/h2-3,7-13H,4-6H2,1H3. The van der Waals surface area contributed by atoms with Crippen molar-refractivity contribution in [2.24, 2.45) is 0 Å². The average molecular weight is 286 g/mol. The molecule has 0 aliphatic heterocycles. The molecule has 2 heteroatoms. The van der Waals surface area contributed by atoms with Crippen molar-refractivity contribution >= 4 is 0 Å². The molecular formula is C20H18N2. The third kappa shape index (κ3) is 2.31. The number of hydrogen-bond donors (Lipinski definition) is 0. The molecule has 1 aliphatic rings. The van der Waals surface area contributed by atoms with Gasteiger partial charge < -0.3 is 0 Å². The van der Waals surface area contributed by atoms with Crippen LogP contribution < -0.4 is 0 Å². The summed E-state index contributed by atoms with van der Waals surface area (Å²) in [6, 6.07) is 16.9. The lowest BCUT2D eigenvalue weighted by Gasteiger charge is -2.11. The fourth-order valence-electron chi connectivity index (χ4n) is 3.17. The van der Waals surface area contributed by atoms with Crippen molar-refractivity contribution in [2.75, 3.05) is 0 Å². The van der Waals surface area contributed by atoms with E-state index in [0.717, 1.165) is 29.9 Å². The largest absolute Gasteiger partial charge is 0.255 e. The Kier molecular flexibility index (Phi) is 3.23. The minimum absolute atomic E-state index is 0.981. The summed E-state index contributed by atoms with van der Waals surface area (Å²) < 4.78 is 0. The Labute approximate surface area is 130 Å². The molecule has 0 fully saturated rings. The van der Waals surface area contributed by atoms with Crippen molar-refractivity contribution in [2.45, 2.75) is 26.2 Å². The number of aromatic nitrogens is 2. The van der Waals surface area contributed by atoms with Gasteiger partial charge in [-0.3, -0.25) is 4.98 Å². The predicted molar refractivity (Wildman–Crippen MR) is 89.7 cm³/mol. The smallest absolute Gasteiger partial charge is 0.0928 e. The van der Waals surface area contributed by atoms with E-state index in [1.807, 2.05) is 18.3 Å². The van der Waals surface area contributed by atoms with E-state index in [9.17, 15) is 0 Å². The van der Waals surface area contributed by atoms with Crippen molar-refractivity contribution in [3.05, 3.63) is 71.4 Å². The van der Waals surface area contributed by atoms with Gasteiger partial charge in [0.05, 0.1) is 17.1 Å². The molecule has 0 radical (unpaired) electrons. The summed E-state index contributed by atoms with van der Waals surface area (Å²) in [7, 11) is 0. The lowest BCUT2D eigenvalue weighted by molar-refractivity contribution is 0.911. The van der Waals surface area contributed by atoms with Gasteiger partial charge in [-0.2, -0.15) is 0 Å². The molecule has 108 valence electrons. The average Bonchev–Trinajstić information content (AvgIpc) is 3.04. The molecular weight excluding hydrogens is 268 g/mol. The maximum atomic E-state index is 4.95. The highest BCUT2D eigenvalue weighted by Crippen LogP contribution is 2.33. The molecule has 3 aromatic rings. The van der Waals surface area contributed by atoms with Crippen LogP contribution in [0.3, 0.4) is 0 Å². The minimum Gasteiger partial charge on any atom is -0.255 e. The van der Waals surface area contributed by atoms with E-state index in [4.69, 9.17) is 4.98 Å². The molecule has 22 heavy (non-hydrogen) atoms. The van der Waals surface area contributed by atoms with E-state index in [1.54, 1.807) is 0 Å². The van der Waals surface area contributed by atoms with Gasteiger partial charge in [0, 0.05) is 11.8 Å². The maximum Gasteiger partial charge on any atom is 0.0928 e. The first-order valence-electron chi connectivity index (χ1n) is 7.82.